The van der Waals surface area contributed by atoms with Gasteiger partial charge in [-0.15, -0.1) is 0 Å². The van der Waals surface area contributed by atoms with Gasteiger partial charge in [0.1, 0.15) is 5.54 Å². The molecule has 5 nitrogen and oxygen atoms in total. The van der Waals surface area contributed by atoms with Gasteiger partial charge in [-0.3, -0.25) is 9.59 Å². The number of nitrogens with one attached hydrogen (secondary N) is 1. The minimum atomic E-state index is -1.04. The highest BCUT2D eigenvalue weighted by Crippen LogP contribution is 2.16. The van der Waals surface area contributed by atoms with E-state index >= 15 is 0 Å². The van der Waals surface area contributed by atoms with Crippen LogP contribution in [0.5, 0.6) is 0 Å². The second kappa shape index (κ2) is 6.59. The van der Waals surface area contributed by atoms with Gasteiger partial charge >= 0.3 is 0 Å². The van der Waals surface area contributed by atoms with Crippen molar-refractivity contribution in [3.05, 3.63) is 0 Å². The van der Waals surface area contributed by atoms with Gasteiger partial charge in [-0.1, -0.05) is 33.6 Å². The molecule has 2 amide bonds. The van der Waals surface area contributed by atoms with Crippen molar-refractivity contribution in [1.29, 1.82) is 0 Å². The number of hydrogen-bond donors (Lipinski definition) is 3. The third-order valence-corrected chi connectivity index (χ3v) is 3.25. The zero-order chi connectivity index (χ0) is 13.6. The smallest absolute Gasteiger partial charge is 0.243 e. The topological polar surface area (TPSA) is 98.2 Å². The molecule has 0 heterocycles. The molecule has 5 N–H and O–H groups in total. The van der Waals surface area contributed by atoms with E-state index in [0.717, 1.165) is 12.8 Å². The van der Waals surface area contributed by atoms with Crippen molar-refractivity contribution in [2.75, 3.05) is 0 Å². The van der Waals surface area contributed by atoms with Crippen LogP contribution < -0.4 is 16.8 Å². The maximum atomic E-state index is 11.8. The van der Waals surface area contributed by atoms with Crippen molar-refractivity contribution < 1.29 is 9.59 Å². The summed E-state index contributed by atoms with van der Waals surface area (Å²) in [6.07, 6.45) is 2.50. The fourth-order valence-electron chi connectivity index (χ4n) is 1.39. The Morgan fingerprint density at radius 1 is 1.35 bits per heavy atom. The fourth-order valence-corrected chi connectivity index (χ4v) is 1.39. The van der Waals surface area contributed by atoms with Gasteiger partial charge < -0.3 is 16.8 Å². The van der Waals surface area contributed by atoms with Gasteiger partial charge in [0.15, 0.2) is 0 Å². The van der Waals surface area contributed by atoms with Gasteiger partial charge in [0, 0.05) is 0 Å². The number of carbonyl (C=O) groups is 2. The van der Waals surface area contributed by atoms with E-state index in [-0.39, 0.29) is 11.8 Å². The monoisotopic (exact) mass is 243 g/mol. The Bertz CT molecular complexity index is 279. The molecule has 0 rings (SSSR count). The standard InChI is InChI=1S/C12H25N3O2/c1-5-6-7-9(13)10(16)15-12(4,8(2)3)11(14)17/h8-9H,5-7,13H2,1-4H3,(H2,14,17)(H,15,16). The van der Waals surface area contributed by atoms with Crippen LogP contribution in [0.3, 0.4) is 0 Å². The predicted octanol–water partition coefficient (Wildman–Crippen LogP) is 0.520. The van der Waals surface area contributed by atoms with Gasteiger partial charge in [0.25, 0.3) is 0 Å². The maximum absolute atomic E-state index is 11.8. The van der Waals surface area contributed by atoms with Crippen molar-refractivity contribution in [3.8, 4) is 0 Å². The molecule has 0 saturated heterocycles. The molecule has 0 aliphatic carbocycles. The molecule has 0 bridgehead atoms. The number of nitrogens with two attached hydrogens (primary N) is 2. The molecule has 0 aromatic carbocycles. The third kappa shape index (κ3) is 4.34. The average molecular weight is 243 g/mol. The fraction of sp³-hybridized carbons (Fsp3) is 0.833. The van der Waals surface area contributed by atoms with Gasteiger partial charge in [0.05, 0.1) is 6.04 Å². The lowest BCUT2D eigenvalue weighted by Crippen LogP contribution is -2.61. The van der Waals surface area contributed by atoms with Gasteiger partial charge in [0.2, 0.25) is 11.8 Å². The number of hydrogen-bond acceptors (Lipinski definition) is 3. The molecule has 2 atom stereocenters. The molecular weight excluding hydrogens is 218 g/mol. The Kier molecular flexibility index (Phi) is 6.16. The Morgan fingerprint density at radius 2 is 1.88 bits per heavy atom. The first kappa shape index (κ1) is 15.9. The summed E-state index contributed by atoms with van der Waals surface area (Å²) in [6, 6.07) is -0.577. The molecule has 0 saturated carbocycles. The van der Waals surface area contributed by atoms with E-state index < -0.39 is 17.5 Å². The van der Waals surface area contributed by atoms with Gasteiger partial charge in [-0.25, -0.2) is 0 Å². The zero-order valence-electron chi connectivity index (χ0n) is 11.2. The Labute approximate surface area is 103 Å². The quantitative estimate of drug-likeness (QED) is 0.608. The molecule has 0 aromatic rings. The first-order valence-corrected chi connectivity index (χ1v) is 6.13. The molecule has 0 fully saturated rings. The first-order chi connectivity index (χ1) is 7.75. The summed E-state index contributed by atoms with van der Waals surface area (Å²) in [5.41, 5.74) is 10.0. The SMILES string of the molecule is CCCCC(N)C(=O)NC(C)(C(N)=O)C(C)C. The van der Waals surface area contributed by atoms with Crippen LogP contribution in [0, 0.1) is 5.92 Å². The molecule has 2 unspecified atom stereocenters. The van der Waals surface area contributed by atoms with E-state index in [2.05, 4.69) is 5.32 Å². The van der Waals surface area contributed by atoms with Crippen LogP contribution in [0.1, 0.15) is 47.0 Å². The normalized spacial score (nSPS) is 16.4. The van der Waals surface area contributed by atoms with Crippen molar-refractivity contribution in [2.24, 2.45) is 17.4 Å². The van der Waals surface area contributed by atoms with Crippen LogP contribution in [0.25, 0.3) is 0 Å². The Balaban J connectivity index is 4.57. The van der Waals surface area contributed by atoms with Crippen LogP contribution in [-0.2, 0) is 9.59 Å². The van der Waals surface area contributed by atoms with E-state index in [1.807, 2.05) is 20.8 Å². The van der Waals surface area contributed by atoms with Crippen molar-refractivity contribution in [2.45, 2.75) is 58.5 Å². The molecular formula is C12H25N3O2. The summed E-state index contributed by atoms with van der Waals surface area (Å²) in [5.74, 6) is -0.931. The van der Waals surface area contributed by atoms with Crippen molar-refractivity contribution in [1.82, 2.24) is 5.32 Å². The summed E-state index contributed by atoms with van der Waals surface area (Å²) in [6.45, 7) is 7.34. The predicted molar refractivity (Wildman–Crippen MR) is 68.1 cm³/mol. The maximum Gasteiger partial charge on any atom is 0.243 e. The average Bonchev–Trinajstić information content (AvgIpc) is 2.24. The molecule has 0 aliphatic heterocycles. The lowest BCUT2D eigenvalue weighted by atomic mass is 9.87. The van der Waals surface area contributed by atoms with Crippen LogP contribution >= 0.6 is 0 Å². The van der Waals surface area contributed by atoms with Gasteiger partial charge in [-0.05, 0) is 19.3 Å². The van der Waals surface area contributed by atoms with Crippen LogP contribution in [0.15, 0.2) is 0 Å². The molecule has 0 aliphatic rings. The van der Waals surface area contributed by atoms with E-state index in [1.165, 1.54) is 0 Å². The van der Waals surface area contributed by atoms with Crippen LogP contribution in [0.2, 0.25) is 0 Å². The highest BCUT2D eigenvalue weighted by atomic mass is 16.2. The summed E-state index contributed by atoms with van der Waals surface area (Å²) in [5, 5.41) is 2.66. The molecule has 100 valence electrons. The van der Waals surface area contributed by atoms with Crippen molar-refractivity contribution in [3.63, 3.8) is 0 Å². The highest BCUT2D eigenvalue weighted by Gasteiger charge is 2.37. The highest BCUT2D eigenvalue weighted by molar-refractivity contribution is 5.92. The first-order valence-electron chi connectivity index (χ1n) is 6.13. The molecule has 0 aromatic heterocycles. The van der Waals surface area contributed by atoms with Crippen LogP contribution in [-0.4, -0.2) is 23.4 Å². The molecule has 0 spiro atoms. The molecule has 17 heavy (non-hydrogen) atoms. The molecule has 5 heteroatoms. The summed E-state index contributed by atoms with van der Waals surface area (Å²) in [7, 11) is 0. The largest absolute Gasteiger partial charge is 0.368 e. The van der Waals surface area contributed by atoms with E-state index in [0.29, 0.717) is 6.42 Å². The summed E-state index contributed by atoms with van der Waals surface area (Å²) >= 11 is 0. The van der Waals surface area contributed by atoms with E-state index in [4.69, 9.17) is 11.5 Å². The zero-order valence-corrected chi connectivity index (χ0v) is 11.2. The Morgan fingerprint density at radius 3 is 2.24 bits per heavy atom. The van der Waals surface area contributed by atoms with Crippen LogP contribution in [0.4, 0.5) is 0 Å². The Hall–Kier alpha value is -1.10. The lowest BCUT2D eigenvalue weighted by Gasteiger charge is -2.32. The second-order valence-corrected chi connectivity index (χ2v) is 4.96. The number of carbonyl (C=O) groups excluding carboxylic acids is 2. The van der Waals surface area contributed by atoms with Crippen molar-refractivity contribution >= 4 is 11.8 Å². The lowest BCUT2D eigenvalue weighted by molar-refractivity contribution is -0.133. The minimum absolute atomic E-state index is 0.0812. The third-order valence-electron chi connectivity index (χ3n) is 3.25. The number of rotatable bonds is 7. The number of unbranched alkanes of at least 4 members (excludes halogenated alkanes) is 1. The number of amides is 2. The van der Waals surface area contributed by atoms with Gasteiger partial charge in [-0.2, -0.15) is 0 Å². The number of primary amides is 1. The van der Waals surface area contributed by atoms with E-state index in [1.54, 1.807) is 6.92 Å². The second-order valence-electron chi connectivity index (χ2n) is 4.96. The van der Waals surface area contributed by atoms with E-state index in [9.17, 15) is 9.59 Å². The minimum Gasteiger partial charge on any atom is -0.368 e. The summed E-state index contributed by atoms with van der Waals surface area (Å²) < 4.78 is 0. The molecule has 0 radical (unpaired) electrons. The summed E-state index contributed by atoms with van der Waals surface area (Å²) in [4.78, 5) is 23.2.